The SMILES string of the molecule is NCc1nnc(SCc2cccnc2Cl)n1C1CC1. The Hall–Kier alpha value is -1.11. The Labute approximate surface area is 120 Å². The highest BCUT2D eigenvalue weighted by Crippen LogP contribution is 2.39. The topological polar surface area (TPSA) is 69.6 Å². The van der Waals surface area contributed by atoms with Crippen LogP contribution in [-0.4, -0.2) is 19.7 Å². The van der Waals surface area contributed by atoms with Crippen molar-refractivity contribution in [2.75, 3.05) is 0 Å². The molecule has 19 heavy (non-hydrogen) atoms. The summed E-state index contributed by atoms with van der Waals surface area (Å²) in [5.74, 6) is 1.60. The first-order chi connectivity index (χ1) is 9.29. The highest BCUT2D eigenvalue weighted by molar-refractivity contribution is 7.98. The van der Waals surface area contributed by atoms with Crippen molar-refractivity contribution in [1.82, 2.24) is 19.7 Å². The van der Waals surface area contributed by atoms with Gasteiger partial charge in [0.2, 0.25) is 0 Å². The summed E-state index contributed by atoms with van der Waals surface area (Å²) < 4.78 is 2.16. The molecule has 5 nitrogen and oxygen atoms in total. The molecule has 0 amide bonds. The van der Waals surface area contributed by atoms with Crippen LogP contribution < -0.4 is 5.73 Å². The molecular formula is C12H14ClN5S. The van der Waals surface area contributed by atoms with Crippen LogP contribution in [0.15, 0.2) is 23.5 Å². The normalized spacial score (nSPS) is 14.8. The molecule has 1 saturated carbocycles. The lowest BCUT2D eigenvalue weighted by atomic mass is 10.3. The predicted octanol–water partition coefficient (Wildman–Crippen LogP) is 2.41. The fourth-order valence-corrected chi connectivity index (χ4v) is 3.19. The highest BCUT2D eigenvalue weighted by atomic mass is 35.5. The van der Waals surface area contributed by atoms with Gasteiger partial charge in [-0.05, 0) is 24.5 Å². The number of hydrogen-bond donors (Lipinski definition) is 1. The van der Waals surface area contributed by atoms with Gasteiger partial charge in [0.05, 0.1) is 6.54 Å². The third kappa shape index (κ3) is 2.75. The molecule has 0 saturated heterocycles. The van der Waals surface area contributed by atoms with E-state index in [0.717, 1.165) is 22.3 Å². The number of halogens is 1. The Balaban J connectivity index is 1.77. The van der Waals surface area contributed by atoms with E-state index in [1.54, 1.807) is 18.0 Å². The first-order valence-electron chi connectivity index (χ1n) is 6.15. The van der Waals surface area contributed by atoms with E-state index >= 15 is 0 Å². The Morgan fingerprint density at radius 2 is 2.26 bits per heavy atom. The number of nitrogens with zero attached hydrogens (tertiary/aromatic N) is 4. The van der Waals surface area contributed by atoms with Gasteiger partial charge in [-0.3, -0.25) is 0 Å². The zero-order valence-corrected chi connectivity index (χ0v) is 11.9. The van der Waals surface area contributed by atoms with Gasteiger partial charge in [-0.25, -0.2) is 4.98 Å². The van der Waals surface area contributed by atoms with Crippen LogP contribution in [0.4, 0.5) is 0 Å². The van der Waals surface area contributed by atoms with Crippen molar-refractivity contribution >= 4 is 23.4 Å². The lowest BCUT2D eigenvalue weighted by Crippen LogP contribution is -2.08. The summed E-state index contributed by atoms with van der Waals surface area (Å²) in [5.41, 5.74) is 6.71. The van der Waals surface area contributed by atoms with Gasteiger partial charge in [0.15, 0.2) is 5.16 Å². The number of thioether (sulfide) groups is 1. The largest absolute Gasteiger partial charge is 0.324 e. The third-order valence-electron chi connectivity index (χ3n) is 3.02. The fourth-order valence-electron chi connectivity index (χ4n) is 1.91. The molecule has 100 valence electrons. The molecule has 3 rings (SSSR count). The van der Waals surface area contributed by atoms with Crippen molar-refractivity contribution in [2.24, 2.45) is 5.73 Å². The fraction of sp³-hybridized carbons (Fsp3) is 0.417. The summed E-state index contributed by atoms with van der Waals surface area (Å²) >= 11 is 7.68. The minimum atomic E-state index is 0.428. The monoisotopic (exact) mass is 295 g/mol. The molecule has 2 aromatic rings. The van der Waals surface area contributed by atoms with Gasteiger partial charge in [-0.15, -0.1) is 10.2 Å². The van der Waals surface area contributed by atoms with Gasteiger partial charge in [0.1, 0.15) is 11.0 Å². The van der Waals surface area contributed by atoms with Crippen LogP contribution in [0.3, 0.4) is 0 Å². The van der Waals surface area contributed by atoms with E-state index in [-0.39, 0.29) is 0 Å². The van der Waals surface area contributed by atoms with Crippen molar-refractivity contribution in [3.05, 3.63) is 34.9 Å². The summed E-state index contributed by atoms with van der Waals surface area (Å²) in [6.07, 6.45) is 4.06. The van der Waals surface area contributed by atoms with Crippen LogP contribution in [0.5, 0.6) is 0 Å². The Morgan fingerprint density at radius 3 is 2.95 bits per heavy atom. The summed E-state index contributed by atoms with van der Waals surface area (Å²) in [7, 11) is 0. The molecule has 0 atom stereocenters. The average Bonchev–Trinajstić information content (AvgIpc) is 3.18. The van der Waals surface area contributed by atoms with Crippen molar-refractivity contribution in [1.29, 1.82) is 0 Å². The van der Waals surface area contributed by atoms with Crippen molar-refractivity contribution in [2.45, 2.75) is 36.3 Å². The number of rotatable bonds is 5. The van der Waals surface area contributed by atoms with Crippen LogP contribution in [0.1, 0.15) is 30.3 Å². The zero-order chi connectivity index (χ0) is 13.2. The maximum Gasteiger partial charge on any atom is 0.191 e. The van der Waals surface area contributed by atoms with Gasteiger partial charge in [-0.2, -0.15) is 0 Å². The second-order valence-electron chi connectivity index (χ2n) is 4.45. The number of pyridine rings is 1. The van der Waals surface area contributed by atoms with Crippen molar-refractivity contribution in [3.63, 3.8) is 0 Å². The lowest BCUT2D eigenvalue weighted by Gasteiger charge is -2.07. The van der Waals surface area contributed by atoms with Gasteiger partial charge < -0.3 is 10.3 Å². The molecule has 2 heterocycles. The lowest BCUT2D eigenvalue weighted by molar-refractivity contribution is 0.626. The molecule has 0 radical (unpaired) electrons. The molecule has 0 spiro atoms. The molecule has 0 aliphatic heterocycles. The molecule has 7 heteroatoms. The van der Waals surface area contributed by atoms with Gasteiger partial charge >= 0.3 is 0 Å². The number of nitrogens with two attached hydrogens (primary N) is 1. The Bertz CT molecular complexity index is 581. The van der Waals surface area contributed by atoms with E-state index in [1.807, 2.05) is 12.1 Å². The summed E-state index contributed by atoms with van der Waals surface area (Å²) in [5, 5.41) is 9.84. The molecule has 1 aliphatic rings. The second kappa shape index (κ2) is 5.48. The smallest absolute Gasteiger partial charge is 0.191 e. The third-order valence-corrected chi connectivity index (χ3v) is 4.36. The van der Waals surface area contributed by atoms with E-state index in [0.29, 0.717) is 17.7 Å². The van der Waals surface area contributed by atoms with E-state index in [4.69, 9.17) is 17.3 Å². The summed E-state index contributed by atoms with van der Waals surface area (Å²) in [4.78, 5) is 4.07. The van der Waals surface area contributed by atoms with Gasteiger partial charge in [0, 0.05) is 18.0 Å². The van der Waals surface area contributed by atoms with Gasteiger partial charge in [-0.1, -0.05) is 29.4 Å². The molecule has 0 unspecified atom stereocenters. The minimum Gasteiger partial charge on any atom is -0.324 e. The first kappa shape index (κ1) is 12.9. The molecule has 0 aromatic carbocycles. The maximum absolute atomic E-state index is 6.05. The maximum atomic E-state index is 6.05. The molecule has 1 fully saturated rings. The van der Waals surface area contributed by atoms with Crippen LogP contribution in [0.2, 0.25) is 5.15 Å². The van der Waals surface area contributed by atoms with E-state index in [1.165, 1.54) is 12.8 Å². The van der Waals surface area contributed by atoms with E-state index in [2.05, 4.69) is 19.7 Å². The number of aromatic nitrogens is 4. The Morgan fingerprint density at radius 1 is 1.42 bits per heavy atom. The Kier molecular flexibility index (Phi) is 3.72. The van der Waals surface area contributed by atoms with Crippen LogP contribution in [0, 0.1) is 0 Å². The average molecular weight is 296 g/mol. The van der Waals surface area contributed by atoms with E-state index in [9.17, 15) is 0 Å². The first-order valence-corrected chi connectivity index (χ1v) is 7.52. The standard InChI is InChI=1S/C12H14ClN5S/c13-11-8(2-1-5-15-11)7-19-12-17-16-10(6-14)18(12)9-3-4-9/h1-2,5,9H,3-4,6-7,14H2. The molecular weight excluding hydrogens is 282 g/mol. The van der Waals surface area contributed by atoms with Gasteiger partial charge in [0.25, 0.3) is 0 Å². The summed E-state index contributed by atoms with van der Waals surface area (Å²) in [6.45, 7) is 0.428. The quantitative estimate of drug-likeness (QED) is 0.677. The van der Waals surface area contributed by atoms with Crippen molar-refractivity contribution in [3.8, 4) is 0 Å². The summed E-state index contributed by atoms with van der Waals surface area (Å²) in [6, 6.07) is 4.39. The highest BCUT2D eigenvalue weighted by Gasteiger charge is 2.29. The zero-order valence-electron chi connectivity index (χ0n) is 10.3. The van der Waals surface area contributed by atoms with E-state index < -0.39 is 0 Å². The number of hydrogen-bond acceptors (Lipinski definition) is 5. The molecule has 2 aromatic heterocycles. The van der Waals surface area contributed by atoms with Crippen LogP contribution in [-0.2, 0) is 12.3 Å². The second-order valence-corrected chi connectivity index (χ2v) is 5.75. The van der Waals surface area contributed by atoms with Crippen LogP contribution >= 0.6 is 23.4 Å². The molecule has 2 N–H and O–H groups in total. The van der Waals surface area contributed by atoms with Crippen LogP contribution in [0.25, 0.3) is 0 Å². The predicted molar refractivity (Wildman–Crippen MR) is 75.0 cm³/mol. The van der Waals surface area contributed by atoms with Crippen molar-refractivity contribution < 1.29 is 0 Å². The molecule has 0 bridgehead atoms. The molecule has 1 aliphatic carbocycles. The minimum absolute atomic E-state index is 0.428.